The van der Waals surface area contributed by atoms with Crippen molar-refractivity contribution in [3.63, 3.8) is 0 Å². The van der Waals surface area contributed by atoms with Crippen LogP contribution in [0.15, 0.2) is 12.3 Å². The number of nitrogens with zero attached hydrogens (tertiary/aromatic N) is 3. The van der Waals surface area contributed by atoms with E-state index < -0.39 is 0 Å². The Morgan fingerprint density at radius 2 is 2.29 bits per heavy atom. The van der Waals surface area contributed by atoms with Gasteiger partial charge in [0.1, 0.15) is 11.6 Å². The van der Waals surface area contributed by atoms with E-state index in [9.17, 15) is 0 Å². The summed E-state index contributed by atoms with van der Waals surface area (Å²) in [4.78, 5) is 8.54. The summed E-state index contributed by atoms with van der Waals surface area (Å²) in [6, 6.07) is 3.96. The average Bonchev–Trinajstić information content (AvgIpc) is 2.59. The van der Waals surface area contributed by atoms with E-state index in [2.05, 4.69) is 29.9 Å². The van der Waals surface area contributed by atoms with E-state index in [0.29, 0.717) is 10.9 Å². The lowest BCUT2D eigenvalue weighted by atomic mass is 10.1. The van der Waals surface area contributed by atoms with Gasteiger partial charge in [-0.25, -0.2) is 4.98 Å². The highest BCUT2D eigenvalue weighted by molar-refractivity contribution is 7.19. The van der Waals surface area contributed by atoms with Gasteiger partial charge in [0.05, 0.1) is 10.4 Å². The van der Waals surface area contributed by atoms with Gasteiger partial charge in [0.2, 0.25) is 0 Å². The van der Waals surface area contributed by atoms with Gasteiger partial charge < -0.3 is 0 Å². The van der Waals surface area contributed by atoms with Crippen molar-refractivity contribution in [3.8, 4) is 6.07 Å². The summed E-state index contributed by atoms with van der Waals surface area (Å²) in [5.41, 5.74) is 1.85. The van der Waals surface area contributed by atoms with Gasteiger partial charge in [0, 0.05) is 6.20 Å². The maximum absolute atomic E-state index is 8.75. The van der Waals surface area contributed by atoms with Gasteiger partial charge in [-0.3, -0.25) is 4.98 Å². The summed E-state index contributed by atoms with van der Waals surface area (Å²) in [7, 11) is 0. The van der Waals surface area contributed by atoms with E-state index in [1.54, 1.807) is 6.20 Å². The first-order chi connectivity index (χ1) is 6.72. The Morgan fingerprint density at radius 3 is 2.93 bits per heavy atom. The number of pyridine rings is 1. The molecule has 0 aliphatic carbocycles. The van der Waals surface area contributed by atoms with E-state index >= 15 is 0 Å². The first-order valence-corrected chi connectivity index (χ1v) is 5.19. The number of aromatic nitrogens is 2. The van der Waals surface area contributed by atoms with Crippen LogP contribution in [0.3, 0.4) is 0 Å². The highest BCUT2D eigenvalue weighted by Gasteiger charge is 2.11. The van der Waals surface area contributed by atoms with Crippen molar-refractivity contribution in [3.05, 3.63) is 23.0 Å². The molecule has 2 rings (SSSR count). The predicted octanol–water partition coefficient (Wildman–Crippen LogP) is 2.69. The lowest BCUT2D eigenvalue weighted by Crippen LogP contribution is -1.92. The third-order valence-electron chi connectivity index (χ3n) is 1.98. The molecular formula is C10H9N3S. The lowest BCUT2D eigenvalue weighted by molar-refractivity contribution is 0.831. The van der Waals surface area contributed by atoms with E-state index in [0.717, 1.165) is 15.9 Å². The smallest absolute Gasteiger partial charge is 0.195 e. The molecule has 2 aromatic heterocycles. The second kappa shape index (κ2) is 3.35. The third kappa shape index (κ3) is 1.36. The number of thiazole rings is 1. The molecule has 0 radical (unpaired) electrons. The van der Waals surface area contributed by atoms with Crippen LogP contribution in [0.25, 0.3) is 10.2 Å². The summed E-state index contributed by atoms with van der Waals surface area (Å²) < 4.78 is 1.04. The van der Waals surface area contributed by atoms with Gasteiger partial charge in [-0.1, -0.05) is 13.8 Å². The number of fused-ring (bicyclic) bond motifs is 1. The fourth-order valence-electron chi connectivity index (χ4n) is 1.35. The number of hydrogen-bond acceptors (Lipinski definition) is 4. The molecule has 4 heteroatoms. The van der Waals surface area contributed by atoms with Gasteiger partial charge in [-0.15, -0.1) is 11.3 Å². The minimum absolute atomic E-state index is 0.340. The monoisotopic (exact) mass is 203 g/mol. The zero-order chi connectivity index (χ0) is 10.1. The number of hydrogen-bond donors (Lipinski definition) is 0. The van der Waals surface area contributed by atoms with E-state index in [4.69, 9.17) is 5.26 Å². The summed E-state index contributed by atoms with van der Waals surface area (Å²) >= 11 is 1.42. The summed E-state index contributed by atoms with van der Waals surface area (Å²) in [5.74, 6) is 0.340. The normalized spacial score (nSPS) is 10.7. The van der Waals surface area contributed by atoms with E-state index in [-0.39, 0.29) is 0 Å². The predicted molar refractivity (Wildman–Crippen MR) is 56.2 cm³/mol. The van der Waals surface area contributed by atoms with Crippen LogP contribution >= 0.6 is 11.3 Å². The van der Waals surface area contributed by atoms with Crippen molar-refractivity contribution in [2.75, 3.05) is 0 Å². The molecule has 0 bridgehead atoms. The second-order valence-corrected chi connectivity index (χ2v) is 4.36. The number of rotatable bonds is 1. The first-order valence-electron chi connectivity index (χ1n) is 4.38. The Hall–Kier alpha value is -1.47. The van der Waals surface area contributed by atoms with Gasteiger partial charge in [-0.2, -0.15) is 5.26 Å². The lowest BCUT2D eigenvalue weighted by Gasteiger charge is -2.03. The quantitative estimate of drug-likeness (QED) is 0.716. The molecule has 0 fully saturated rings. The van der Waals surface area contributed by atoms with Crippen LogP contribution in [0.1, 0.15) is 30.5 Å². The van der Waals surface area contributed by atoms with Crippen molar-refractivity contribution in [1.29, 1.82) is 5.26 Å². The molecular weight excluding hydrogens is 194 g/mol. The zero-order valence-corrected chi connectivity index (χ0v) is 8.80. The summed E-state index contributed by atoms with van der Waals surface area (Å²) in [6.07, 6.45) is 1.77. The minimum atomic E-state index is 0.340. The highest BCUT2D eigenvalue weighted by atomic mass is 32.1. The van der Waals surface area contributed by atoms with Crippen LogP contribution in [0.4, 0.5) is 0 Å². The highest BCUT2D eigenvalue weighted by Crippen LogP contribution is 2.26. The molecule has 0 unspecified atom stereocenters. The van der Waals surface area contributed by atoms with Gasteiger partial charge in [-0.05, 0) is 12.0 Å². The molecule has 70 valence electrons. The average molecular weight is 203 g/mol. The van der Waals surface area contributed by atoms with Crippen LogP contribution in [0, 0.1) is 11.3 Å². The molecule has 3 nitrogen and oxygen atoms in total. The second-order valence-electron chi connectivity index (χ2n) is 3.33. The topological polar surface area (TPSA) is 49.6 Å². The van der Waals surface area contributed by atoms with E-state index in [1.807, 2.05) is 6.07 Å². The third-order valence-corrected chi connectivity index (χ3v) is 2.90. The maximum atomic E-state index is 8.75. The van der Waals surface area contributed by atoms with Crippen molar-refractivity contribution in [2.24, 2.45) is 0 Å². The van der Waals surface area contributed by atoms with Gasteiger partial charge >= 0.3 is 0 Å². The van der Waals surface area contributed by atoms with Crippen molar-refractivity contribution < 1.29 is 0 Å². The van der Waals surface area contributed by atoms with Gasteiger partial charge in [0.15, 0.2) is 5.01 Å². The Kier molecular flexibility index (Phi) is 2.18. The van der Waals surface area contributed by atoms with Gasteiger partial charge in [0.25, 0.3) is 0 Å². The molecule has 2 aromatic rings. The van der Waals surface area contributed by atoms with Crippen LogP contribution in [-0.4, -0.2) is 9.97 Å². The summed E-state index contributed by atoms with van der Waals surface area (Å²) in [5, 5.41) is 9.25. The van der Waals surface area contributed by atoms with Crippen molar-refractivity contribution >= 4 is 21.6 Å². The summed E-state index contributed by atoms with van der Waals surface area (Å²) in [6.45, 7) is 4.15. The molecule has 0 aromatic carbocycles. The Morgan fingerprint density at radius 1 is 1.50 bits per heavy atom. The van der Waals surface area contributed by atoms with Crippen LogP contribution < -0.4 is 0 Å². The van der Waals surface area contributed by atoms with Crippen LogP contribution in [0.2, 0.25) is 0 Å². The molecule has 0 spiro atoms. The van der Waals surface area contributed by atoms with Crippen molar-refractivity contribution in [2.45, 2.75) is 19.8 Å². The fourth-order valence-corrected chi connectivity index (χ4v) is 2.11. The molecule has 0 amide bonds. The fraction of sp³-hybridized carbons (Fsp3) is 0.300. The van der Waals surface area contributed by atoms with E-state index in [1.165, 1.54) is 11.3 Å². The van der Waals surface area contributed by atoms with Crippen LogP contribution in [-0.2, 0) is 0 Å². The Labute approximate surface area is 86.0 Å². The molecule has 0 saturated carbocycles. The number of nitriles is 1. The first kappa shape index (κ1) is 9.10. The molecule has 0 atom stereocenters. The molecule has 0 saturated heterocycles. The molecule has 14 heavy (non-hydrogen) atoms. The zero-order valence-electron chi connectivity index (χ0n) is 7.98. The minimum Gasteiger partial charge on any atom is -0.259 e. The SMILES string of the molecule is CC(C)c1nccc2sc(C#N)nc12. The maximum Gasteiger partial charge on any atom is 0.195 e. The standard InChI is InChI=1S/C10H9N3S/c1-6(2)9-10-7(3-4-12-9)14-8(5-11)13-10/h3-4,6H,1-2H3. The molecule has 0 aliphatic heterocycles. The molecule has 2 heterocycles. The van der Waals surface area contributed by atoms with Crippen LogP contribution in [0.5, 0.6) is 0 Å². The Balaban J connectivity index is 2.74. The molecule has 0 aliphatic rings. The Bertz CT molecular complexity index is 508. The molecule has 0 N–H and O–H groups in total. The largest absolute Gasteiger partial charge is 0.259 e. The van der Waals surface area contributed by atoms with Crippen molar-refractivity contribution in [1.82, 2.24) is 9.97 Å².